The zero-order valence-corrected chi connectivity index (χ0v) is 12.7. The molecule has 0 aliphatic heterocycles. The Morgan fingerprint density at radius 3 is 2.52 bits per heavy atom. The first-order valence-corrected chi connectivity index (χ1v) is 7.51. The van der Waals surface area contributed by atoms with Gasteiger partial charge >= 0.3 is 0 Å². The molecular formula is C19H22N2. The predicted molar refractivity (Wildman–Crippen MR) is 89.8 cm³/mol. The van der Waals surface area contributed by atoms with Gasteiger partial charge in [0.1, 0.15) is 0 Å². The summed E-state index contributed by atoms with van der Waals surface area (Å²) in [5, 5.41) is 1.29. The molecule has 0 bridgehead atoms. The van der Waals surface area contributed by atoms with Crippen molar-refractivity contribution in [1.82, 2.24) is 9.88 Å². The van der Waals surface area contributed by atoms with Gasteiger partial charge in [-0.25, -0.2) is 0 Å². The molecule has 0 aliphatic rings. The minimum atomic E-state index is 0.452. The van der Waals surface area contributed by atoms with Crippen LogP contribution in [-0.2, 0) is 0 Å². The largest absolute Gasteiger partial charge is 0.361 e. The number of aromatic nitrogens is 1. The molecule has 1 aromatic heterocycles. The Balaban J connectivity index is 1.97. The van der Waals surface area contributed by atoms with Gasteiger partial charge in [0.25, 0.3) is 0 Å². The highest BCUT2D eigenvalue weighted by atomic mass is 15.0. The minimum Gasteiger partial charge on any atom is -0.361 e. The van der Waals surface area contributed by atoms with Gasteiger partial charge in [-0.1, -0.05) is 36.4 Å². The fourth-order valence-corrected chi connectivity index (χ4v) is 2.89. The van der Waals surface area contributed by atoms with Gasteiger partial charge in [-0.05, 0) is 61.8 Å². The molecule has 0 radical (unpaired) electrons. The van der Waals surface area contributed by atoms with E-state index in [1.165, 1.54) is 22.0 Å². The van der Waals surface area contributed by atoms with Crippen LogP contribution in [0.3, 0.4) is 0 Å². The molecule has 2 aromatic carbocycles. The Morgan fingerprint density at radius 2 is 1.76 bits per heavy atom. The number of fused-ring (bicyclic) bond motifs is 1. The van der Waals surface area contributed by atoms with E-state index >= 15 is 0 Å². The van der Waals surface area contributed by atoms with Crippen molar-refractivity contribution in [3.63, 3.8) is 0 Å². The van der Waals surface area contributed by atoms with Crippen molar-refractivity contribution in [1.29, 1.82) is 0 Å². The van der Waals surface area contributed by atoms with Crippen LogP contribution >= 0.6 is 0 Å². The third kappa shape index (κ3) is 3.17. The second-order valence-electron chi connectivity index (χ2n) is 5.88. The van der Waals surface area contributed by atoms with E-state index in [1.807, 2.05) is 6.20 Å². The molecule has 0 unspecified atom stereocenters. The van der Waals surface area contributed by atoms with Gasteiger partial charge in [0.15, 0.2) is 0 Å². The summed E-state index contributed by atoms with van der Waals surface area (Å²) in [6, 6.07) is 19.7. The lowest BCUT2D eigenvalue weighted by Crippen LogP contribution is -2.16. The van der Waals surface area contributed by atoms with Crippen LogP contribution in [0.4, 0.5) is 0 Å². The van der Waals surface area contributed by atoms with E-state index in [2.05, 4.69) is 78.6 Å². The van der Waals surface area contributed by atoms with Crippen molar-refractivity contribution in [3.8, 4) is 0 Å². The Morgan fingerprint density at radius 1 is 0.952 bits per heavy atom. The molecule has 0 saturated heterocycles. The maximum Gasteiger partial charge on any atom is 0.0454 e. The first-order valence-electron chi connectivity index (χ1n) is 7.51. The number of nitrogens with one attached hydrogen (secondary N) is 1. The lowest BCUT2D eigenvalue weighted by molar-refractivity contribution is 0.390. The van der Waals surface area contributed by atoms with Crippen LogP contribution in [0, 0.1) is 0 Å². The van der Waals surface area contributed by atoms with Gasteiger partial charge in [-0.15, -0.1) is 0 Å². The van der Waals surface area contributed by atoms with Crippen molar-refractivity contribution < 1.29 is 0 Å². The third-order valence-corrected chi connectivity index (χ3v) is 4.05. The van der Waals surface area contributed by atoms with Gasteiger partial charge in [0.2, 0.25) is 0 Å². The van der Waals surface area contributed by atoms with Gasteiger partial charge in [0, 0.05) is 17.6 Å². The number of rotatable bonds is 5. The SMILES string of the molecule is CN(C)CC[C@H](c1ccccc1)c1ccc2[nH]ccc2c1. The summed E-state index contributed by atoms with van der Waals surface area (Å²) >= 11 is 0. The van der Waals surface area contributed by atoms with Crippen molar-refractivity contribution >= 4 is 10.9 Å². The molecule has 3 rings (SSSR count). The molecular weight excluding hydrogens is 256 g/mol. The number of aromatic amines is 1. The van der Waals surface area contributed by atoms with E-state index in [0.717, 1.165) is 13.0 Å². The van der Waals surface area contributed by atoms with Crippen molar-refractivity contribution in [2.24, 2.45) is 0 Å². The van der Waals surface area contributed by atoms with Gasteiger partial charge in [-0.3, -0.25) is 0 Å². The summed E-state index contributed by atoms with van der Waals surface area (Å²) in [4.78, 5) is 5.52. The van der Waals surface area contributed by atoms with E-state index in [1.54, 1.807) is 0 Å². The summed E-state index contributed by atoms with van der Waals surface area (Å²) in [5.41, 5.74) is 4.00. The monoisotopic (exact) mass is 278 g/mol. The lowest BCUT2D eigenvalue weighted by Gasteiger charge is -2.20. The first kappa shape index (κ1) is 13.9. The van der Waals surface area contributed by atoms with Crippen molar-refractivity contribution in [3.05, 3.63) is 71.9 Å². The van der Waals surface area contributed by atoms with Crippen LogP contribution in [0.2, 0.25) is 0 Å². The van der Waals surface area contributed by atoms with E-state index in [9.17, 15) is 0 Å². The standard InChI is InChI=1S/C19H22N2/c1-21(2)13-11-18(15-6-4-3-5-7-15)16-8-9-19-17(14-16)10-12-20-19/h3-10,12,14,18,20H,11,13H2,1-2H3/t18-/m1/s1. The van der Waals surface area contributed by atoms with Crippen LogP contribution in [-0.4, -0.2) is 30.5 Å². The maximum atomic E-state index is 3.27. The predicted octanol–water partition coefficient (Wildman–Crippen LogP) is 4.25. The first-order chi connectivity index (χ1) is 10.2. The lowest BCUT2D eigenvalue weighted by atomic mass is 9.88. The zero-order chi connectivity index (χ0) is 14.7. The summed E-state index contributed by atoms with van der Waals surface area (Å²) in [5.74, 6) is 0.452. The molecule has 108 valence electrons. The van der Waals surface area contributed by atoms with Crippen LogP contribution in [0.15, 0.2) is 60.8 Å². The van der Waals surface area contributed by atoms with Crippen LogP contribution in [0.1, 0.15) is 23.5 Å². The quantitative estimate of drug-likeness (QED) is 0.739. The summed E-state index contributed by atoms with van der Waals surface area (Å²) in [7, 11) is 4.27. The molecule has 2 nitrogen and oxygen atoms in total. The molecule has 0 fully saturated rings. The van der Waals surface area contributed by atoms with Crippen LogP contribution in [0.25, 0.3) is 10.9 Å². The van der Waals surface area contributed by atoms with Gasteiger partial charge < -0.3 is 9.88 Å². The Hall–Kier alpha value is -2.06. The van der Waals surface area contributed by atoms with E-state index in [-0.39, 0.29) is 0 Å². The number of hydrogen-bond donors (Lipinski definition) is 1. The minimum absolute atomic E-state index is 0.452. The van der Waals surface area contributed by atoms with Gasteiger partial charge in [0.05, 0.1) is 0 Å². The molecule has 3 aromatic rings. The molecule has 2 heteroatoms. The van der Waals surface area contributed by atoms with Crippen LogP contribution < -0.4 is 0 Å². The summed E-state index contributed by atoms with van der Waals surface area (Å²) in [6.45, 7) is 1.09. The summed E-state index contributed by atoms with van der Waals surface area (Å²) < 4.78 is 0. The van der Waals surface area contributed by atoms with E-state index in [0.29, 0.717) is 5.92 Å². The number of nitrogens with zero attached hydrogens (tertiary/aromatic N) is 1. The Bertz CT molecular complexity index is 698. The maximum absolute atomic E-state index is 3.27. The average Bonchev–Trinajstić information content (AvgIpc) is 2.96. The molecule has 1 heterocycles. The highest BCUT2D eigenvalue weighted by molar-refractivity contribution is 5.80. The third-order valence-electron chi connectivity index (χ3n) is 4.05. The highest BCUT2D eigenvalue weighted by Gasteiger charge is 2.14. The molecule has 0 spiro atoms. The Labute approximate surface area is 126 Å². The van der Waals surface area contributed by atoms with Crippen molar-refractivity contribution in [2.75, 3.05) is 20.6 Å². The molecule has 0 saturated carbocycles. The molecule has 0 aliphatic carbocycles. The van der Waals surface area contributed by atoms with E-state index in [4.69, 9.17) is 0 Å². The Kier molecular flexibility index (Phi) is 4.07. The second-order valence-corrected chi connectivity index (χ2v) is 5.88. The van der Waals surface area contributed by atoms with Gasteiger partial charge in [-0.2, -0.15) is 0 Å². The zero-order valence-electron chi connectivity index (χ0n) is 12.7. The molecule has 1 atom stereocenters. The highest BCUT2D eigenvalue weighted by Crippen LogP contribution is 2.30. The van der Waals surface area contributed by atoms with Crippen LogP contribution in [0.5, 0.6) is 0 Å². The number of H-pyrrole nitrogens is 1. The molecule has 1 N–H and O–H groups in total. The topological polar surface area (TPSA) is 19.0 Å². The van der Waals surface area contributed by atoms with E-state index < -0.39 is 0 Å². The number of benzene rings is 2. The fraction of sp³-hybridized carbons (Fsp3) is 0.263. The normalized spacial score (nSPS) is 12.9. The number of hydrogen-bond acceptors (Lipinski definition) is 1. The fourth-order valence-electron chi connectivity index (χ4n) is 2.89. The van der Waals surface area contributed by atoms with Crippen molar-refractivity contribution in [2.45, 2.75) is 12.3 Å². The average molecular weight is 278 g/mol. The molecule has 0 amide bonds. The second kappa shape index (κ2) is 6.15. The molecule has 21 heavy (non-hydrogen) atoms. The smallest absolute Gasteiger partial charge is 0.0454 e. The summed E-state index contributed by atoms with van der Waals surface area (Å²) in [6.07, 6.45) is 3.14.